The number of ether oxygens (including phenoxy) is 3. The number of hydrogen-bond donors (Lipinski definition) is 2. The number of morpholine rings is 2. The van der Waals surface area contributed by atoms with Gasteiger partial charge in [-0.25, -0.2) is 21.6 Å². The zero-order valence-corrected chi connectivity index (χ0v) is 29.5. The van der Waals surface area contributed by atoms with Crippen molar-refractivity contribution in [2.45, 2.75) is 35.8 Å². The largest absolute Gasteiger partial charge is 0.460 e. The van der Waals surface area contributed by atoms with Gasteiger partial charge in [0.1, 0.15) is 12.7 Å². The fourth-order valence-corrected chi connectivity index (χ4v) is 8.93. The number of rotatable bonds is 12. The van der Waals surface area contributed by atoms with E-state index in [-0.39, 0.29) is 84.8 Å². The molecule has 2 atom stereocenters. The summed E-state index contributed by atoms with van der Waals surface area (Å²) in [7, 11) is -7.94. The van der Waals surface area contributed by atoms with Gasteiger partial charge in [-0.1, -0.05) is 12.1 Å². The van der Waals surface area contributed by atoms with E-state index in [9.17, 15) is 41.6 Å². The molecule has 274 valence electrons. The number of hydrogen-bond acceptors (Lipinski definition) is 12. The Kier molecular flexibility index (Phi) is 11.9. The number of esters is 1. The number of nitrogens with one attached hydrogen (secondary N) is 1. The predicted octanol–water partition coefficient (Wildman–Crippen LogP) is 1.94. The van der Waals surface area contributed by atoms with E-state index in [0.717, 1.165) is 12.1 Å². The molecule has 0 spiro atoms. The fraction of sp³-hybridized carbons (Fsp3) is 0.394. The van der Waals surface area contributed by atoms with Gasteiger partial charge in [0, 0.05) is 43.9 Å². The van der Waals surface area contributed by atoms with E-state index >= 15 is 0 Å². The Labute approximate surface area is 295 Å². The number of nitrogens with zero attached hydrogens (tertiary/aromatic N) is 3. The van der Waals surface area contributed by atoms with Crippen LogP contribution in [0.1, 0.15) is 43.5 Å². The minimum absolute atomic E-state index is 0.0591. The number of carbonyl (C=O) groups is 2. The van der Waals surface area contributed by atoms with E-state index in [1.54, 1.807) is 13.8 Å². The maximum absolute atomic E-state index is 13.6. The van der Waals surface area contributed by atoms with Gasteiger partial charge < -0.3 is 24.6 Å². The topological polar surface area (TPSA) is 212 Å². The van der Waals surface area contributed by atoms with Crippen LogP contribution in [0.5, 0.6) is 0 Å². The molecule has 5 rings (SSSR count). The summed E-state index contributed by atoms with van der Waals surface area (Å²) in [5.41, 5.74) is 0.562. The number of nitro groups is 1. The summed E-state index contributed by atoms with van der Waals surface area (Å²) in [6.07, 6.45) is -1.56. The first-order valence-electron chi connectivity index (χ1n) is 16.0. The number of carbonyl (C=O) groups excluding carboxylic acids is 2. The summed E-state index contributed by atoms with van der Waals surface area (Å²) >= 11 is 0. The van der Waals surface area contributed by atoms with Gasteiger partial charge in [0.2, 0.25) is 20.0 Å². The van der Waals surface area contributed by atoms with Crippen LogP contribution in [0.3, 0.4) is 0 Å². The average molecular weight is 747 g/mol. The molecule has 2 aliphatic heterocycles. The number of nitro benzene ring substituents is 1. The molecular formula is C33H38N4O12S2. The molecule has 2 fully saturated rings. The molecule has 3 aromatic rings. The lowest BCUT2D eigenvalue weighted by molar-refractivity contribution is -0.384. The highest BCUT2D eigenvalue weighted by Crippen LogP contribution is 2.26. The molecule has 2 saturated heterocycles. The molecule has 16 nitrogen and oxygen atoms in total. The summed E-state index contributed by atoms with van der Waals surface area (Å²) in [5.74, 6) is -1.75. The maximum Gasteiger partial charge on any atom is 0.338 e. The van der Waals surface area contributed by atoms with Gasteiger partial charge in [-0.2, -0.15) is 8.61 Å². The molecule has 2 heterocycles. The molecule has 1 amide bonds. The third kappa shape index (κ3) is 8.61. The first kappa shape index (κ1) is 37.9. The number of aliphatic hydroxyl groups is 1. The molecule has 0 saturated carbocycles. The van der Waals surface area contributed by atoms with Crippen LogP contribution in [0.25, 0.3) is 0 Å². The minimum atomic E-state index is -3.98. The summed E-state index contributed by atoms with van der Waals surface area (Å²) in [4.78, 5) is 37.3. The summed E-state index contributed by atoms with van der Waals surface area (Å²) in [5, 5.41) is 25.1. The normalized spacial score (nSPS) is 17.3. The van der Waals surface area contributed by atoms with Crippen molar-refractivity contribution in [2.24, 2.45) is 0 Å². The Morgan fingerprint density at radius 1 is 0.824 bits per heavy atom. The summed E-state index contributed by atoms with van der Waals surface area (Å²) < 4.78 is 72.1. The third-order valence-electron chi connectivity index (χ3n) is 8.59. The van der Waals surface area contributed by atoms with Gasteiger partial charge >= 0.3 is 5.97 Å². The van der Waals surface area contributed by atoms with E-state index in [1.165, 1.54) is 57.1 Å². The van der Waals surface area contributed by atoms with Crippen molar-refractivity contribution in [2.75, 3.05) is 59.2 Å². The van der Waals surface area contributed by atoms with Gasteiger partial charge in [0.25, 0.3) is 11.6 Å². The molecule has 0 bridgehead atoms. The quantitative estimate of drug-likeness (QED) is 0.155. The Morgan fingerprint density at radius 2 is 1.29 bits per heavy atom. The second-order valence-electron chi connectivity index (χ2n) is 12.0. The van der Waals surface area contributed by atoms with Crippen molar-refractivity contribution < 1.29 is 50.7 Å². The van der Waals surface area contributed by atoms with Crippen molar-refractivity contribution >= 4 is 37.6 Å². The van der Waals surface area contributed by atoms with Gasteiger partial charge in [-0.05, 0) is 66.9 Å². The summed E-state index contributed by atoms with van der Waals surface area (Å²) in [6, 6.07) is 11.7. The van der Waals surface area contributed by atoms with Gasteiger partial charge in [0.15, 0.2) is 0 Å². The Hall–Kier alpha value is -4.30. The number of amides is 1. The second kappa shape index (κ2) is 15.9. The van der Waals surface area contributed by atoms with Crippen molar-refractivity contribution in [3.05, 3.63) is 98.6 Å². The standard InChI is InChI=1S/C33H38N4O12S2/c1-22-3-5-25(19-29(22)50(43,44)35-11-15-47-16-12-35)32(39)34-28(31(38)24-7-9-27(10-8-24)37(41)42)21-49-33(40)26-6-4-23(2)30(20-26)51(45,46)36-13-17-48-18-14-36/h3-10,19-20,28,31,38H,11-18,21H2,1-2H3,(H,34,39)/t28-,31+/m1/s1. The molecular weight excluding hydrogens is 709 g/mol. The van der Waals surface area contributed by atoms with E-state index in [1.807, 2.05) is 0 Å². The van der Waals surface area contributed by atoms with E-state index in [0.29, 0.717) is 11.1 Å². The number of non-ortho nitro benzene ring substituents is 1. The van der Waals surface area contributed by atoms with E-state index in [2.05, 4.69) is 5.32 Å². The Bertz CT molecular complexity index is 1990. The van der Waals surface area contributed by atoms with E-state index < -0.39 is 55.6 Å². The van der Waals surface area contributed by atoms with Crippen LogP contribution in [0.15, 0.2) is 70.5 Å². The fourth-order valence-electron chi connectivity index (χ4n) is 5.61. The number of aryl methyl sites for hydroxylation is 2. The lowest BCUT2D eigenvalue weighted by atomic mass is 10.0. The molecule has 0 aliphatic carbocycles. The van der Waals surface area contributed by atoms with Crippen molar-refractivity contribution in [3.63, 3.8) is 0 Å². The lowest BCUT2D eigenvalue weighted by Crippen LogP contribution is -2.43. The number of benzene rings is 3. The maximum atomic E-state index is 13.6. The molecule has 0 radical (unpaired) electrons. The summed E-state index contributed by atoms with van der Waals surface area (Å²) in [6.45, 7) is 4.10. The van der Waals surface area contributed by atoms with Gasteiger partial charge in [-0.15, -0.1) is 0 Å². The second-order valence-corrected chi connectivity index (χ2v) is 15.8. The van der Waals surface area contributed by atoms with Crippen molar-refractivity contribution in [3.8, 4) is 0 Å². The van der Waals surface area contributed by atoms with Crippen LogP contribution in [-0.2, 0) is 34.3 Å². The molecule has 0 unspecified atom stereocenters. The minimum Gasteiger partial charge on any atom is -0.460 e. The highest BCUT2D eigenvalue weighted by atomic mass is 32.2. The van der Waals surface area contributed by atoms with Gasteiger partial charge in [-0.3, -0.25) is 14.9 Å². The molecule has 51 heavy (non-hydrogen) atoms. The lowest BCUT2D eigenvalue weighted by Gasteiger charge is -2.27. The molecule has 3 aromatic carbocycles. The first-order chi connectivity index (χ1) is 24.2. The van der Waals surface area contributed by atoms with Crippen molar-refractivity contribution in [1.29, 1.82) is 0 Å². The van der Waals surface area contributed by atoms with Crippen molar-refractivity contribution in [1.82, 2.24) is 13.9 Å². The number of sulfonamides is 2. The zero-order chi connectivity index (χ0) is 36.9. The average Bonchev–Trinajstić information content (AvgIpc) is 3.13. The Balaban J connectivity index is 1.39. The van der Waals surface area contributed by atoms with Crippen LogP contribution >= 0.6 is 0 Å². The van der Waals surface area contributed by atoms with Crippen LogP contribution in [-0.4, -0.2) is 113 Å². The van der Waals surface area contributed by atoms with Crippen LogP contribution in [0, 0.1) is 24.0 Å². The smallest absolute Gasteiger partial charge is 0.338 e. The monoisotopic (exact) mass is 746 g/mol. The van der Waals surface area contributed by atoms with Crippen LogP contribution in [0.4, 0.5) is 5.69 Å². The first-order valence-corrected chi connectivity index (χ1v) is 18.9. The SMILES string of the molecule is Cc1ccc(C(=O)N[C@H](COC(=O)c2ccc(C)c(S(=O)(=O)N3CCOCC3)c2)[C@@H](O)c2ccc([N+](=O)[O-])cc2)cc1S(=O)(=O)N1CCOCC1. The highest BCUT2D eigenvalue weighted by Gasteiger charge is 2.32. The molecule has 2 N–H and O–H groups in total. The van der Waals surface area contributed by atoms with Crippen LogP contribution in [0.2, 0.25) is 0 Å². The Morgan fingerprint density at radius 3 is 1.78 bits per heavy atom. The van der Waals surface area contributed by atoms with Crippen LogP contribution < -0.4 is 5.32 Å². The zero-order valence-electron chi connectivity index (χ0n) is 27.9. The third-order valence-corrected chi connectivity index (χ3v) is 12.7. The molecule has 18 heteroatoms. The predicted molar refractivity (Wildman–Crippen MR) is 181 cm³/mol. The molecule has 2 aliphatic rings. The van der Waals surface area contributed by atoms with E-state index in [4.69, 9.17) is 14.2 Å². The number of aliphatic hydroxyl groups excluding tert-OH is 1. The molecule has 0 aromatic heterocycles. The van der Waals surface area contributed by atoms with Gasteiger partial charge in [0.05, 0.1) is 52.7 Å². The highest BCUT2D eigenvalue weighted by molar-refractivity contribution is 7.89.